The first-order valence-corrected chi connectivity index (χ1v) is 9.66. The predicted octanol–water partition coefficient (Wildman–Crippen LogP) is 1.97. The van der Waals surface area contributed by atoms with Crippen molar-refractivity contribution in [3.05, 3.63) is 59.7 Å². The SMILES string of the molecule is Cc1ccc(CC(=O)OCC(=O)Nc2cccc(S(=O)(=O)N(C)C)c2)cc1. The van der Waals surface area contributed by atoms with Crippen molar-refractivity contribution in [3.63, 3.8) is 0 Å². The van der Waals surface area contributed by atoms with Crippen LogP contribution >= 0.6 is 0 Å². The third-order valence-corrected chi connectivity index (χ3v) is 5.54. The van der Waals surface area contributed by atoms with Crippen LogP contribution < -0.4 is 5.32 Å². The highest BCUT2D eigenvalue weighted by atomic mass is 32.2. The van der Waals surface area contributed by atoms with Gasteiger partial charge in [0.25, 0.3) is 5.91 Å². The number of ether oxygens (including phenoxy) is 1. The van der Waals surface area contributed by atoms with Gasteiger partial charge in [-0.05, 0) is 30.7 Å². The van der Waals surface area contributed by atoms with Gasteiger partial charge in [0.2, 0.25) is 10.0 Å². The summed E-state index contributed by atoms with van der Waals surface area (Å²) < 4.78 is 30.3. The Bertz CT molecular complexity index is 921. The molecule has 0 radical (unpaired) electrons. The Kier molecular flexibility index (Phi) is 6.70. The van der Waals surface area contributed by atoms with Crippen LogP contribution in [0.4, 0.5) is 5.69 Å². The first-order chi connectivity index (χ1) is 12.7. The van der Waals surface area contributed by atoms with E-state index in [1.165, 1.54) is 32.3 Å². The van der Waals surface area contributed by atoms with Crippen LogP contribution in [0.1, 0.15) is 11.1 Å². The zero-order chi connectivity index (χ0) is 20.0. The summed E-state index contributed by atoms with van der Waals surface area (Å²) in [6, 6.07) is 13.3. The molecule has 0 aromatic heterocycles. The molecule has 1 amide bonds. The zero-order valence-electron chi connectivity index (χ0n) is 15.4. The number of carbonyl (C=O) groups is 2. The smallest absolute Gasteiger partial charge is 0.310 e. The maximum atomic E-state index is 12.1. The molecule has 27 heavy (non-hydrogen) atoms. The van der Waals surface area contributed by atoms with Crippen molar-refractivity contribution in [1.82, 2.24) is 4.31 Å². The molecule has 0 fully saturated rings. The highest BCUT2D eigenvalue weighted by molar-refractivity contribution is 7.89. The molecule has 2 aromatic rings. The summed E-state index contributed by atoms with van der Waals surface area (Å²) in [5, 5.41) is 2.52. The number of anilines is 1. The maximum absolute atomic E-state index is 12.1. The third-order valence-electron chi connectivity index (χ3n) is 3.73. The minimum Gasteiger partial charge on any atom is -0.455 e. The quantitative estimate of drug-likeness (QED) is 0.730. The predicted molar refractivity (Wildman–Crippen MR) is 102 cm³/mol. The highest BCUT2D eigenvalue weighted by Gasteiger charge is 2.17. The first kappa shape index (κ1) is 20.6. The van der Waals surface area contributed by atoms with Crippen LogP contribution in [-0.4, -0.2) is 45.3 Å². The Labute approximate surface area is 159 Å². The van der Waals surface area contributed by atoms with Crippen molar-refractivity contribution in [2.75, 3.05) is 26.0 Å². The molecular formula is C19H22N2O5S. The van der Waals surface area contributed by atoms with Gasteiger partial charge in [-0.2, -0.15) is 0 Å². The summed E-state index contributed by atoms with van der Waals surface area (Å²) >= 11 is 0. The lowest BCUT2D eigenvalue weighted by atomic mass is 10.1. The molecule has 0 aliphatic carbocycles. The van der Waals surface area contributed by atoms with Gasteiger partial charge in [-0.3, -0.25) is 9.59 Å². The summed E-state index contributed by atoms with van der Waals surface area (Å²) in [6.07, 6.45) is 0.0735. The average molecular weight is 390 g/mol. The number of rotatable bonds is 7. The number of nitrogens with one attached hydrogen (secondary N) is 1. The van der Waals surface area contributed by atoms with Crippen molar-refractivity contribution in [2.45, 2.75) is 18.2 Å². The van der Waals surface area contributed by atoms with E-state index in [-0.39, 0.29) is 11.3 Å². The van der Waals surface area contributed by atoms with E-state index in [1.54, 1.807) is 6.07 Å². The van der Waals surface area contributed by atoms with Gasteiger partial charge in [-0.15, -0.1) is 0 Å². The number of hydrogen-bond donors (Lipinski definition) is 1. The molecule has 0 saturated carbocycles. The van der Waals surface area contributed by atoms with E-state index >= 15 is 0 Å². The molecule has 0 saturated heterocycles. The molecule has 0 atom stereocenters. The van der Waals surface area contributed by atoms with Gasteiger partial charge in [0.1, 0.15) is 0 Å². The number of sulfonamides is 1. The third kappa shape index (κ3) is 5.90. The van der Waals surface area contributed by atoms with Crippen molar-refractivity contribution >= 4 is 27.6 Å². The van der Waals surface area contributed by atoms with Crippen LogP contribution in [-0.2, 0) is 30.8 Å². The number of benzene rings is 2. The molecule has 0 aliphatic rings. The van der Waals surface area contributed by atoms with E-state index < -0.39 is 28.5 Å². The van der Waals surface area contributed by atoms with E-state index in [2.05, 4.69) is 5.32 Å². The molecule has 0 heterocycles. The van der Waals surface area contributed by atoms with E-state index in [9.17, 15) is 18.0 Å². The molecule has 0 spiro atoms. The van der Waals surface area contributed by atoms with Crippen molar-refractivity contribution in [1.29, 1.82) is 0 Å². The molecule has 8 heteroatoms. The van der Waals surface area contributed by atoms with E-state index in [4.69, 9.17) is 4.74 Å². The number of nitrogens with zero attached hydrogens (tertiary/aromatic N) is 1. The van der Waals surface area contributed by atoms with Crippen LogP contribution in [0.3, 0.4) is 0 Å². The second-order valence-electron chi connectivity index (χ2n) is 6.19. The van der Waals surface area contributed by atoms with E-state index in [0.717, 1.165) is 15.4 Å². The van der Waals surface area contributed by atoms with Gasteiger partial charge in [0.15, 0.2) is 6.61 Å². The van der Waals surface area contributed by atoms with E-state index in [0.29, 0.717) is 5.69 Å². The molecule has 144 valence electrons. The Balaban J connectivity index is 1.90. The summed E-state index contributed by atoms with van der Waals surface area (Å²) in [4.78, 5) is 23.8. The largest absolute Gasteiger partial charge is 0.455 e. The van der Waals surface area contributed by atoms with Crippen LogP contribution in [0.25, 0.3) is 0 Å². The van der Waals surface area contributed by atoms with Crippen LogP contribution in [0.2, 0.25) is 0 Å². The number of carbonyl (C=O) groups excluding carboxylic acids is 2. The second-order valence-corrected chi connectivity index (χ2v) is 8.34. The van der Waals surface area contributed by atoms with Gasteiger partial charge < -0.3 is 10.1 Å². The molecular weight excluding hydrogens is 368 g/mol. The molecule has 0 aliphatic heterocycles. The summed E-state index contributed by atoms with van der Waals surface area (Å²) in [6.45, 7) is 1.50. The minimum absolute atomic E-state index is 0.0571. The molecule has 1 N–H and O–H groups in total. The Morgan fingerprint density at radius 2 is 1.74 bits per heavy atom. The zero-order valence-corrected chi connectivity index (χ0v) is 16.2. The molecule has 2 rings (SSSR count). The fourth-order valence-corrected chi connectivity index (χ4v) is 3.16. The van der Waals surface area contributed by atoms with Crippen LogP contribution in [0.15, 0.2) is 53.4 Å². The lowest BCUT2D eigenvalue weighted by Crippen LogP contribution is -2.23. The topological polar surface area (TPSA) is 92.8 Å². The monoisotopic (exact) mass is 390 g/mol. The highest BCUT2D eigenvalue weighted by Crippen LogP contribution is 2.17. The van der Waals surface area contributed by atoms with Crippen molar-refractivity contribution < 1.29 is 22.7 Å². The summed E-state index contributed by atoms with van der Waals surface area (Å²) in [7, 11) is -0.753. The van der Waals surface area contributed by atoms with Gasteiger partial charge in [0, 0.05) is 19.8 Å². The van der Waals surface area contributed by atoms with E-state index in [1.807, 2.05) is 31.2 Å². The Morgan fingerprint density at radius 3 is 2.37 bits per heavy atom. The average Bonchev–Trinajstić information content (AvgIpc) is 2.62. The van der Waals surface area contributed by atoms with Gasteiger partial charge in [0.05, 0.1) is 11.3 Å². The fraction of sp³-hybridized carbons (Fsp3) is 0.263. The molecule has 0 bridgehead atoms. The molecule has 7 nitrogen and oxygen atoms in total. The van der Waals surface area contributed by atoms with Gasteiger partial charge in [-0.1, -0.05) is 35.9 Å². The molecule has 0 unspecified atom stereocenters. The molecule has 2 aromatic carbocycles. The standard InChI is InChI=1S/C19H22N2O5S/c1-14-7-9-15(10-8-14)11-19(23)26-13-18(22)20-16-5-4-6-17(12-16)27(24,25)21(2)3/h4-10,12H,11,13H2,1-3H3,(H,20,22). The minimum atomic E-state index is -3.60. The number of aryl methyl sites for hydroxylation is 1. The fourth-order valence-electron chi connectivity index (χ4n) is 2.21. The van der Waals surface area contributed by atoms with Crippen LogP contribution in [0, 0.1) is 6.92 Å². The Morgan fingerprint density at radius 1 is 1.07 bits per heavy atom. The van der Waals surface area contributed by atoms with Gasteiger partial charge >= 0.3 is 5.97 Å². The number of amides is 1. The number of hydrogen-bond acceptors (Lipinski definition) is 5. The summed E-state index contributed by atoms with van der Waals surface area (Å²) in [5.74, 6) is -1.07. The maximum Gasteiger partial charge on any atom is 0.310 e. The lowest BCUT2D eigenvalue weighted by molar-refractivity contribution is -0.146. The normalized spacial score (nSPS) is 11.3. The van der Waals surface area contributed by atoms with Gasteiger partial charge in [-0.25, -0.2) is 12.7 Å². The van der Waals surface area contributed by atoms with Crippen molar-refractivity contribution in [3.8, 4) is 0 Å². The van der Waals surface area contributed by atoms with Crippen molar-refractivity contribution in [2.24, 2.45) is 0 Å². The number of esters is 1. The lowest BCUT2D eigenvalue weighted by Gasteiger charge is -2.12. The second kappa shape index (κ2) is 8.79. The Hall–Kier alpha value is -2.71. The van der Waals surface area contributed by atoms with Crippen LogP contribution in [0.5, 0.6) is 0 Å². The first-order valence-electron chi connectivity index (χ1n) is 8.22. The summed E-state index contributed by atoms with van der Waals surface area (Å²) in [5.41, 5.74) is 2.19.